The Morgan fingerprint density at radius 2 is 2.50 bits per heavy atom. The average molecular weight is 285 g/mol. The molecule has 4 heteroatoms. The number of rotatable bonds is 7. The first-order valence-corrected chi connectivity index (χ1v) is 8.88. The highest BCUT2D eigenvalue weighted by atomic mass is 32.2. The molecule has 0 spiro atoms. The predicted octanol–water partition coefficient (Wildman–Crippen LogP) is 3.39. The van der Waals surface area contributed by atoms with Gasteiger partial charge in [0.1, 0.15) is 0 Å². The largest absolute Gasteiger partial charge is 0.388 e. The predicted molar refractivity (Wildman–Crippen MR) is 81.5 cm³/mol. The molecule has 1 saturated heterocycles. The van der Waals surface area contributed by atoms with Crippen LogP contribution in [-0.2, 0) is 0 Å². The second-order valence-corrected chi connectivity index (χ2v) is 7.17. The molecule has 0 bridgehead atoms. The van der Waals surface area contributed by atoms with E-state index in [1.54, 1.807) is 11.3 Å². The van der Waals surface area contributed by atoms with Gasteiger partial charge in [0.25, 0.3) is 0 Å². The van der Waals surface area contributed by atoms with Gasteiger partial charge < -0.3 is 5.11 Å². The molecular formula is C14H23NOS2. The lowest BCUT2D eigenvalue weighted by Gasteiger charge is -2.25. The molecule has 0 aliphatic carbocycles. The molecule has 2 unspecified atom stereocenters. The second kappa shape index (κ2) is 7.53. The minimum absolute atomic E-state index is 0.269. The first-order chi connectivity index (χ1) is 8.81. The van der Waals surface area contributed by atoms with Crippen LogP contribution in [0.2, 0.25) is 0 Å². The van der Waals surface area contributed by atoms with Gasteiger partial charge in [-0.05, 0) is 43.0 Å². The summed E-state index contributed by atoms with van der Waals surface area (Å²) in [4.78, 5) is 3.68. The normalized spacial score (nSPS) is 22.4. The molecule has 0 amide bonds. The smallest absolute Gasteiger partial charge is 0.0896 e. The van der Waals surface area contributed by atoms with Gasteiger partial charge in [-0.3, -0.25) is 4.90 Å². The summed E-state index contributed by atoms with van der Waals surface area (Å²) in [6, 6.07) is 4.65. The molecule has 102 valence electrons. The number of aliphatic hydroxyl groups is 1. The van der Waals surface area contributed by atoms with Crippen molar-refractivity contribution in [3.8, 4) is 0 Å². The van der Waals surface area contributed by atoms with E-state index in [0.717, 1.165) is 11.3 Å². The van der Waals surface area contributed by atoms with Crippen molar-refractivity contribution in [1.82, 2.24) is 4.90 Å². The molecule has 1 aromatic rings. The van der Waals surface area contributed by atoms with Crippen molar-refractivity contribution >= 4 is 23.1 Å². The highest BCUT2D eigenvalue weighted by Gasteiger charge is 2.26. The van der Waals surface area contributed by atoms with Gasteiger partial charge in [0, 0.05) is 23.2 Å². The fraction of sp³-hybridized carbons (Fsp3) is 0.714. The third-order valence-electron chi connectivity index (χ3n) is 3.59. The van der Waals surface area contributed by atoms with Gasteiger partial charge >= 0.3 is 0 Å². The summed E-state index contributed by atoms with van der Waals surface area (Å²) in [5, 5.41) is 12.3. The minimum Gasteiger partial charge on any atom is -0.388 e. The Morgan fingerprint density at radius 1 is 1.61 bits per heavy atom. The third-order valence-corrected chi connectivity index (χ3v) is 5.45. The maximum atomic E-state index is 10.2. The summed E-state index contributed by atoms with van der Waals surface area (Å²) < 4.78 is 0. The molecule has 1 fully saturated rings. The molecule has 2 heterocycles. The van der Waals surface area contributed by atoms with Crippen molar-refractivity contribution < 1.29 is 5.11 Å². The molecule has 1 N–H and O–H groups in total. The molecule has 1 aliphatic rings. The lowest BCUT2D eigenvalue weighted by atomic mass is 10.1. The zero-order chi connectivity index (χ0) is 12.8. The molecule has 2 atom stereocenters. The van der Waals surface area contributed by atoms with E-state index >= 15 is 0 Å². The quantitative estimate of drug-likeness (QED) is 0.777. The van der Waals surface area contributed by atoms with Crippen molar-refractivity contribution in [2.24, 2.45) is 0 Å². The molecule has 0 saturated carbocycles. The van der Waals surface area contributed by atoms with E-state index in [1.165, 1.54) is 37.4 Å². The van der Waals surface area contributed by atoms with Crippen LogP contribution in [0.4, 0.5) is 0 Å². The number of likely N-dealkylation sites (tertiary alicyclic amines) is 1. The Bertz CT molecular complexity index is 329. The Morgan fingerprint density at radius 3 is 3.22 bits per heavy atom. The van der Waals surface area contributed by atoms with Crippen LogP contribution >= 0.6 is 23.1 Å². The summed E-state index contributed by atoms with van der Waals surface area (Å²) >= 11 is 3.68. The summed E-state index contributed by atoms with van der Waals surface area (Å²) in [6.07, 6.45) is 3.17. The van der Waals surface area contributed by atoms with E-state index in [9.17, 15) is 5.11 Å². The van der Waals surface area contributed by atoms with E-state index in [-0.39, 0.29) is 6.10 Å². The summed E-state index contributed by atoms with van der Waals surface area (Å²) in [7, 11) is 0. The molecule has 1 aliphatic heterocycles. The van der Waals surface area contributed by atoms with Gasteiger partial charge in [0.05, 0.1) is 6.10 Å². The monoisotopic (exact) mass is 285 g/mol. The zero-order valence-corrected chi connectivity index (χ0v) is 12.7. The number of hydrogen-bond acceptors (Lipinski definition) is 4. The fourth-order valence-electron chi connectivity index (χ4n) is 2.64. The van der Waals surface area contributed by atoms with Crippen LogP contribution in [0, 0.1) is 0 Å². The Balaban J connectivity index is 1.80. The maximum Gasteiger partial charge on any atom is 0.0896 e. The summed E-state index contributed by atoms with van der Waals surface area (Å²) in [5.74, 6) is 2.43. The maximum absolute atomic E-state index is 10.2. The van der Waals surface area contributed by atoms with Gasteiger partial charge in [-0.2, -0.15) is 11.8 Å². The van der Waals surface area contributed by atoms with E-state index in [2.05, 4.69) is 11.8 Å². The Hall–Kier alpha value is -0.0300. The van der Waals surface area contributed by atoms with E-state index in [1.807, 2.05) is 29.3 Å². The lowest BCUT2D eigenvalue weighted by molar-refractivity contribution is 0.126. The Kier molecular flexibility index (Phi) is 6.02. The Labute approximate surface area is 118 Å². The minimum atomic E-state index is -0.269. The van der Waals surface area contributed by atoms with Crippen LogP contribution in [-0.4, -0.2) is 40.6 Å². The number of nitrogens with zero attached hydrogens (tertiary/aromatic N) is 1. The van der Waals surface area contributed by atoms with Crippen molar-refractivity contribution in [1.29, 1.82) is 0 Å². The van der Waals surface area contributed by atoms with Crippen LogP contribution in [0.5, 0.6) is 0 Å². The van der Waals surface area contributed by atoms with Gasteiger partial charge in [-0.15, -0.1) is 11.3 Å². The number of thiophene rings is 1. The highest BCUT2D eigenvalue weighted by molar-refractivity contribution is 7.99. The van der Waals surface area contributed by atoms with Crippen molar-refractivity contribution in [2.75, 3.05) is 24.6 Å². The third kappa shape index (κ3) is 3.98. The lowest BCUT2D eigenvalue weighted by Crippen LogP contribution is -2.32. The molecule has 2 rings (SSSR count). The standard InChI is InChI=1S/C14H23NOS2/c1-2-17-10-8-15-7-3-5-12(15)11-13(16)14-6-4-9-18-14/h4,6,9,12-13,16H,2-3,5,7-8,10-11H2,1H3. The van der Waals surface area contributed by atoms with Crippen LogP contribution in [0.3, 0.4) is 0 Å². The van der Waals surface area contributed by atoms with E-state index < -0.39 is 0 Å². The van der Waals surface area contributed by atoms with Crippen LogP contribution in [0.1, 0.15) is 37.2 Å². The van der Waals surface area contributed by atoms with Crippen molar-refractivity contribution in [2.45, 2.75) is 38.3 Å². The molecule has 0 aromatic carbocycles. The van der Waals surface area contributed by atoms with E-state index in [0.29, 0.717) is 6.04 Å². The van der Waals surface area contributed by atoms with Crippen LogP contribution in [0.25, 0.3) is 0 Å². The van der Waals surface area contributed by atoms with Crippen molar-refractivity contribution in [3.63, 3.8) is 0 Å². The number of aliphatic hydroxyl groups excluding tert-OH is 1. The number of thioether (sulfide) groups is 1. The SMILES string of the molecule is CCSCCN1CCCC1CC(O)c1cccs1. The summed E-state index contributed by atoms with van der Waals surface area (Å²) in [5.41, 5.74) is 0. The van der Waals surface area contributed by atoms with Gasteiger partial charge in [0.15, 0.2) is 0 Å². The molecule has 0 radical (unpaired) electrons. The zero-order valence-electron chi connectivity index (χ0n) is 11.0. The first-order valence-electron chi connectivity index (χ1n) is 6.84. The van der Waals surface area contributed by atoms with Crippen molar-refractivity contribution in [3.05, 3.63) is 22.4 Å². The van der Waals surface area contributed by atoms with Gasteiger partial charge in [-0.25, -0.2) is 0 Å². The van der Waals surface area contributed by atoms with E-state index in [4.69, 9.17) is 0 Å². The van der Waals surface area contributed by atoms with Gasteiger partial charge in [-0.1, -0.05) is 13.0 Å². The number of hydrogen-bond donors (Lipinski definition) is 1. The van der Waals surface area contributed by atoms with Crippen LogP contribution in [0.15, 0.2) is 17.5 Å². The second-order valence-electron chi connectivity index (χ2n) is 4.80. The first kappa shape index (κ1) is 14.4. The fourth-order valence-corrected chi connectivity index (χ4v) is 4.01. The highest BCUT2D eigenvalue weighted by Crippen LogP contribution is 2.29. The molecule has 2 nitrogen and oxygen atoms in total. The molecule has 1 aromatic heterocycles. The van der Waals surface area contributed by atoms with Gasteiger partial charge in [0.2, 0.25) is 0 Å². The summed E-state index contributed by atoms with van der Waals surface area (Å²) in [6.45, 7) is 4.61. The molecule has 18 heavy (non-hydrogen) atoms. The topological polar surface area (TPSA) is 23.5 Å². The molecular weight excluding hydrogens is 262 g/mol. The van der Waals surface area contributed by atoms with Crippen LogP contribution < -0.4 is 0 Å². The average Bonchev–Trinajstić information content (AvgIpc) is 3.01.